The van der Waals surface area contributed by atoms with Crippen molar-refractivity contribution in [1.82, 2.24) is 4.72 Å². The maximum Gasteiger partial charge on any atom is 0.387 e. The second-order valence-electron chi connectivity index (χ2n) is 5.13. The molecule has 0 spiro atoms. The molecule has 0 aromatic heterocycles. The first-order valence-corrected chi connectivity index (χ1v) is 9.14. The maximum absolute atomic E-state index is 12.4. The molecule has 6 nitrogen and oxygen atoms in total. The molecular weight excluding hydrogens is 390 g/mol. The van der Waals surface area contributed by atoms with Gasteiger partial charge in [-0.3, -0.25) is 4.79 Å². The third kappa shape index (κ3) is 5.38. The summed E-state index contributed by atoms with van der Waals surface area (Å²) in [6, 6.07) is 9.64. The Bertz CT molecular complexity index is 907. The van der Waals surface area contributed by atoms with E-state index in [1.54, 1.807) is 6.07 Å². The second kappa shape index (κ2) is 8.43. The fourth-order valence-electron chi connectivity index (χ4n) is 2.07. The van der Waals surface area contributed by atoms with E-state index in [0.29, 0.717) is 0 Å². The first-order valence-electron chi connectivity index (χ1n) is 7.28. The third-order valence-electron chi connectivity index (χ3n) is 3.20. The summed E-state index contributed by atoms with van der Waals surface area (Å²) in [6.45, 7) is -1.98. The van der Waals surface area contributed by atoms with Gasteiger partial charge in [0.05, 0.1) is 15.6 Å². The first-order chi connectivity index (χ1) is 12.2. The monoisotopic (exact) mass is 404 g/mol. The van der Waals surface area contributed by atoms with Crippen LogP contribution in [0, 0.1) is 0 Å². The highest BCUT2D eigenvalue weighted by atomic mass is 35.5. The van der Waals surface area contributed by atoms with Crippen molar-refractivity contribution in [2.24, 2.45) is 0 Å². The van der Waals surface area contributed by atoms with E-state index < -0.39 is 16.6 Å². The van der Waals surface area contributed by atoms with Gasteiger partial charge in [0, 0.05) is 19.0 Å². The Morgan fingerprint density at radius 3 is 2.54 bits per heavy atom. The van der Waals surface area contributed by atoms with E-state index in [4.69, 9.17) is 11.6 Å². The van der Waals surface area contributed by atoms with Gasteiger partial charge in [0.25, 0.3) is 0 Å². The van der Waals surface area contributed by atoms with Crippen molar-refractivity contribution in [3.8, 4) is 5.75 Å². The van der Waals surface area contributed by atoms with Crippen molar-refractivity contribution in [2.45, 2.75) is 25.0 Å². The average molecular weight is 405 g/mol. The van der Waals surface area contributed by atoms with Crippen LogP contribution in [0.3, 0.4) is 0 Å². The molecule has 0 radical (unpaired) electrons. The normalized spacial score (nSPS) is 11.4. The number of halogens is 3. The van der Waals surface area contributed by atoms with E-state index in [1.165, 1.54) is 43.3 Å². The highest BCUT2D eigenvalue weighted by Gasteiger charge is 2.17. The number of ether oxygens (including phenoxy) is 1. The number of hydrogen-bond acceptors (Lipinski definition) is 4. The number of carbonyl (C=O) groups is 1. The van der Waals surface area contributed by atoms with E-state index in [-0.39, 0.29) is 39.4 Å². The predicted octanol–water partition coefficient (Wildman–Crippen LogP) is 3.38. The molecule has 2 N–H and O–H groups in total. The number of sulfonamides is 1. The highest BCUT2D eigenvalue weighted by Crippen LogP contribution is 2.26. The lowest BCUT2D eigenvalue weighted by Crippen LogP contribution is -2.23. The number of anilines is 1. The van der Waals surface area contributed by atoms with Gasteiger partial charge in [-0.1, -0.05) is 29.8 Å². The molecular formula is C16H15ClF2N2O4S. The molecule has 0 aliphatic rings. The fraction of sp³-hybridized carbons (Fsp3) is 0.188. The standard InChI is InChI=1S/C16H15ClF2N2O4S/c1-10(22)21-14-7-6-12(8-13(14)17)26(23,24)20-9-11-4-2-3-5-15(11)25-16(18)19/h2-8,16,20H,9H2,1H3,(H,21,22). The molecule has 2 rings (SSSR count). The van der Waals surface area contributed by atoms with E-state index in [0.717, 1.165) is 0 Å². The van der Waals surface area contributed by atoms with Crippen molar-refractivity contribution in [1.29, 1.82) is 0 Å². The van der Waals surface area contributed by atoms with Gasteiger partial charge >= 0.3 is 6.61 Å². The summed E-state index contributed by atoms with van der Waals surface area (Å²) >= 11 is 5.97. The lowest BCUT2D eigenvalue weighted by molar-refractivity contribution is -0.114. The van der Waals surface area contributed by atoms with Crippen LogP contribution in [-0.4, -0.2) is 20.9 Å². The molecule has 2 aromatic carbocycles. The topological polar surface area (TPSA) is 84.5 Å². The summed E-state index contributed by atoms with van der Waals surface area (Å²) in [4.78, 5) is 10.9. The smallest absolute Gasteiger partial charge is 0.387 e. The van der Waals surface area contributed by atoms with E-state index in [1.807, 2.05) is 0 Å². The van der Waals surface area contributed by atoms with Gasteiger partial charge in [-0.05, 0) is 24.3 Å². The molecule has 0 atom stereocenters. The minimum absolute atomic E-state index is 0.0458. The minimum Gasteiger partial charge on any atom is -0.434 e. The van der Waals surface area contributed by atoms with Crippen LogP contribution >= 0.6 is 11.6 Å². The Labute approximate surface area is 154 Å². The molecule has 0 aliphatic carbocycles. The summed E-state index contributed by atoms with van der Waals surface area (Å²) in [5.41, 5.74) is 0.520. The number of alkyl halides is 2. The van der Waals surface area contributed by atoms with Crippen LogP contribution in [0.2, 0.25) is 5.02 Å². The van der Waals surface area contributed by atoms with Gasteiger partial charge in [0.1, 0.15) is 5.75 Å². The van der Waals surface area contributed by atoms with Gasteiger partial charge in [-0.2, -0.15) is 8.78 Å². The fourth-order valence-corrected chi connectivity index (χ4v) is 3.40. The number of rotatable bonds is 7. The lowest BCUT2D eigenvalue weighted by Gasteiger charge is -2.12. The molecule has 10 heteroatoms. The van der Waals surface area contributed by atoms with Crippen LogP contribution in [-0.2, 0) is 21.4 Å². The number of amides is 1. The van der Waals surface area contributed by atoms with Crippen molar-refractivity contribution in [3.63, 3.8) is 0 Å². The van der Waals surface area contributed by atoms with Gasteiger partial charge < -0.3 is 10.1 Å². The first kappa shape index (κ1) is 20.1. The van der Waals surface area contributed by atoms with Gasteiger partial charge in [0.2, 0.25) is 15.9 Å². The molecule has 1 amide bonds. The molecule has 0 saturated carbocycles. The summed E-state index contributed by atoms with van der Waals surface area (Å²) in [6.07, 6.45) is 0. The molecule has 140 valence electrons. The number of para-hydroxylation sites is 1. The highest BCUT2D eigenvalue weighted by molar-refractivity contribution is 7.89. The minimum atomic E-state index is -3.96. The zero-order valence-electron chi connectivity index (χ0n) is 13.5. The van der Waals surface area contributed by atoms with Crippen LogP contribution in [0.5, 0.6) is 5.75 Å². The Morgan fingerprint density at radius 1 is 1.23 bits per heavy atom. The van der Waals surface area contributed by atoms with E-state index in [2.05, 4.69) is 14.8 Å². The van der Waals surface area contributed by atoms with Crippen LogP contribution in [0.1, 0.15) is 12.5 Å². The summed E-state index contributed by atoms with van der Waals surface area (Å²) in [7, 11) is -3.96. The van der Waals surface area contributed by atoms with E-state index in [9.17, 15) is 22.0 Å². The van der Waals surface area contributed by atoms with E-state index >= 15 is 0 Å². The number of hydrogen-bond donors (Lipinski definition) is 2. The van der Waals surface area contributed by atoms with Gasteiger partial charge in [-0.25, -0.2) is 13.1 Å². The summed E-state index contributed by atoms with van der Waals surface area (Å²) in [5.74, 6) is -0.472. The zero-order chi connectivity index (χ0) is 19.3. The Hall–Kier alpha value is -2.23. The summed E-state index contributed by atoms with van der Waals surface area (Å²) < 4.78 is 56.2. The van der Waals surface area contributed by atoms with Crippen molar-refractivity contribution in [2.75, 3.05) is 5.32 Å². The largest absolute Gasteiger partial charge is 0.434 e. The maximum atomic E-state index is 12.4. The number of carbonyl (C=O) groups excluding carboxylic acids is 1. The van der Waals surface area contributed by atoms with Crippen LogP contribution in [0.25, 0.3) is 0 Å². The molecule has 0 fully saturated rings. The van der Waals surface area contributed by atoms with Crippen molar-refractivity contribution >= 4 is 33.2 Å². The van der Waals surface area contributed by atoms with Crippen molar-refractivity contribution in [3.05, 3.63) is 53.1 Å². The molecule has 0 aliphatic heterocycles. The molecule has 2 aromatic rings. The molecule has 0 unspecified atom stereocenters. The van der Waals surface area contributed by atoms with Gasteiger partial charge in [0.15, 0.2) is 0 Å². The van der Waals surface area contributed by atoms with Crippen LogP contribution in [0.4, 0.5) is 14.5 Å². The molecule has 0 bridgehead atoms. The molecule has 0 heterocycles. The Morgan fingerprint density at radius 2 is 1.92 bits per heavy atom. The Balaban J connectivity index is 2.17. The number of benzene rings is 2. The van der Waals surface area contributed by atoms with Crippen LogP contribution < -0.4 is 14.8 Å². The second-order valence-corrected chi connectivity index (χ2v) is 7.31. The lowest BCUT2D eigenvalue weighted by atomic mass is 10.2. The predicted molar refractivity (Wildman–Crippen MR) is 92.9 cm³/mol. The summed E-state index contributed by atoms with van der Waals surface area (Å²) in [5, 5.41) is 2.51. The average Bonchev–Trinajstić information content (AvgIpc) is 2.55. The molecule has 26 heavy (non-hydrogen) atoms. The molecule has 0 saturated heterocycles. The van der Waals surface area contributed by atoms with Crippen molar-refractivity contribution < 1.29 is 26.7 Å². The van der Waals surface area contributed by atoms with Gasteiger partial charge in [-0.15, -0.1) is 0 Å². The third-order valence-corrected chi connectivity index (χ3v) is 4.91. The zero-order valence-corrected chi connectivity index (χ0v) is 15.1. The Kier molecular flexibility index (Phi) is 6.52. The SMILES string of the molecule is CC(=O)Nc1ccc(S(=O)(=O)NCc2ccccc2OC(F)F)cc1Cl. The number of nitrogens with one attached hydrogen (secondary N) is 2. The quantitative estimate of drug-likeness (QED) is 0.741. The van der Waals surface area contributed by atoms with Crippen LogP contribution in [0.15, 0.2) is 47.4 Å².